The lowest BCUT2D eigenvalue weighted by atomic mass is 9.86. The highest BCUT2D eigenvalue weighted by Gasteiger charge is 2.53. The first kappa shape index (κ1) is 64.1. The van der Waals surface area contributed by atoms with Crippen LogP contribution in [0.2, 0.25) is 0 Å². The van der Waals surface area contributed by atoms with Crippen molar-refractivity contribution in [3.05, 3.63) is 52.1 Å². The number of hydrogen-bond donors (Lipinski definition) is 1. The minimum atomic E-state index is -4.91. The number of halogens is 6. The molecule has 0 aromatic heterocycles. The third kappa shape index (κ3) is 14.5. The van der Waals surface area contributed by atoms with Crippen LogP contribution in [0.5, 0.6) is 11.5 Å². The van der Waals surface area contributed by atoms with Gasteiger partial charge in [-0.05, 0) is 171 Å². The topological polar surface area (TPSA) is 194 Å². The van der Waals surface area contributed by atoms with Crippen LogP contribution in [0, 0.1) is 0 Å². The average molecular weight is 1180 g/mol. The predicted octanol–water partition coefficient (Wildman–Crippen LogP) is 11.1. The van der Waals surface area contributed by atoms with E-state index in [0.29, 0.717) is 82.9 Å². The third-order valence-electron chi connectivity index (χ3n) is 15.8. The van der Waals surface area contributed by atoms with E-state index in [-0.39, 0.29) is 55.6 Å². The molecule has 18 nitrogen and oxygen atoms in total. The first-order valence-electron chi connectivity index (χ1n) is 28.7. The van der Waals surface area contributed by atoms with Crippen LogP contribution in [0.15, 0.2) is 24.3 Å². The van der Waals surface area contributed by atoms with Gasteiger partial charge < -0.3 is 53.5 Å². The van der Waals surface area contributed by atoms with Gasteiger partial charge in [-0.1, -0.05) is 0 Å². The molecule has 2 atom stereocenters. The zero-order valence-corrected chi connectivity index (χ0v) is 49.5. The van der Waals surface area contributed by atoms with E-state index < -0.39 is 117 Å². The standard InChI is InChI=1S/C31H43F3N4O7.C28H37F3N2O5/c1-19(2)38(20-10-9-14-36(18-20)28(42)45-29(3,4)5)25(39)21-16-23-24(17-22(21)31(32,33)34)44-30(11-7-8-12-30)26(40)37(23)15-13-35-27(41)43-6;1-17(2)33(19-9-8-12-32(16-19)25(36)38-26(3,4)5)24(35)20-13-18-14-23(34)27(10-6-7-11-27)37-22(18)15-21(20)28(29,30)31/h16-17,19-20H,7-15,18H2,1-6H3,(H,35,41);13,15,17,19H,6-12,14,16H2,1-5H3/t20-;19-/m11/s1. The molecule has 460 valence electrons. The summed E-state index contributed by atoms with van der Waals surface area (Å²) in [6.07, 6.45) is -4.87. The Balaban J connectivity index is 0.000000242. The van der Waals surface area contributed by atoms with Gasteiger partial charge in [0.15, 0.2) is 17.0 Å². The molecule has 8 rings (SSSR count). The van der Waals surface area contributed by atoms with E-state index in [1.807, 2.05) is 0 Å². The fraction of sp³-hybridized carbons (Fsp3) is 0.678. The van der Waals surface area contributed by atoms with Crippen molar-refractivity contribution < 1.29 is 83.6 Å². The van der Waals surface area contributed by atoms with E-state index in [4.69, 9.17) is 18.9 Å². The molecule has 4 fully saturated rings. The van der Waals surface area contributed by atoms with E-state index in [2.05, 4.69) is 10.1 Å². The fourth-order valence-corrected chi connectivity index (χ4v) is 12.2. The minimum Gasteiger partial charge on any atom is -0.479 e. The molecule has 4 heterocycles. The number of benzene rings is 2. The zero-order chi connectivity index (χ0) is 61.4. The van der Waals surface area contributed by atoms with Gasteiger partial charge in [0.2, 0.25) is 0 Å². The number of carbonyl (C=O) groups is 7. The number of methoxy groups -OCH3 is 1. The van der Waals surface area contributed by atoms with Crippen LogP contribution >= 0.6 is 0 Å². The predicted molar refractivity (Wildman–Crippen MR) is 292 cm³/mol. The Bertz CT molecular complexity index is 2780. The molecule has 6 aliphatic rings. The number of fused-ring (bicyclic) bond motifs is 2. The van der Waals surface area contributed by atoms with Gasteiger partial charge in [-0.3, -0.25) is 19.2 Å². The smallest absolute Gasteiger partial charge is 0.417 e. The average Bonchev–Trinajstić information content (AvgIpc) is 2.08. The number of nitrogens with zero attached hydrogens (tertiary/aromatic N) is 5. The maximum Gasteiger partial charge on any atom is 0.417 e. The van der Waals surface area contributed by atoms with Crippen LogP contribution < -0.4 is 19.7 Å². The molecule has 4 aliphatic heterocycles. The molecule has 2 aromatic rings. The summed E-state index contributed by atoms with van der Waals surface area (Å²) in [5.74, 6) is -2.36. The molecule has 83 heavy (non-hydrogen) atoms. The number of alkyl halides is 6. The second-order valence-electron chi connectivity index (χ2n) is 25.0. The highest BCUT2D eigenvalue weighted by atomic mass is 19.4. The molecule has 1 N–H and O–H groups in total. The Morgan fingerprint density at radius 3 is 1.52 bits per heavy atom. The normalized spacial score (nSPS) is 20.4. The number of rotatable bonds is 9. The number of hydrogen-bond acceptors (Lipinski definition) is 12. The third-order valence-corrected chi connectivity index (χ3v) is 15.8. The lowest BCUT2D eigenvalue weighted by Crippen LogP contribution is -2.56. The van der Waals surface area contributed by atoms with Gasteiger partial charge in [0.05, 0.1) is 47.1 Å². The molecule has 24 heteroatoms. The van der Waals surface area contributed by atoms with Gasteiger partial charge in [-0.25, -0.2) is 14.4 Å². The van der Waals surface area contributed by atoms with Crippen molar-refractivity contribution in [3.63, 3.8) is 0 Å². The van der Waals surface area contributed by atoms with Crippen LogP contribution in [0.4, 0.5) is 46.4 Å². The number of piperidine rings is 2. The van der Waals surface area contributed by atoms with Gasteiger partial charge in [0.25, 0.3) is 17.7 Å². The second kappa shape index (κ2) is 24.6. The maximum atomic E-state index is 14.6. The van der Waals surface area contributed by atoms with E-state index in [0.717, 1.165) is 31.0 Å². The molecule has 2 aromatic carbocycles. The number of ketones is 1. The lowest BCUT2D eigenvalue weighted by Gasteiger charge is -2.43. The Kier molecular flexibility index (Phi) is 19.0. The van der Waals surface area contributed by atoms with Crippen LogP contribution in [0.25, 0.3) is 0 Å². The molecule has 2 saturated heterocycles. The first-order valence-corrected chi connectivity index (χ1v) is 28.7. The number of amides is 6. The van der Waals surface area contributed by atoms with Crippen molar-refractivity contribution in [1.82, 2.24) is 24.9 Å². The number of anilines is 1. The Morgan fingerprint density at radius 1 is 0.651 bits per heavy atom. The molecule has 0 unspecified atom stereocenters. The monoisotopic (exact) mass is 1180 g/mol. The number of carbonyl (C=O) groups excluding carboxylic acids is 7. The van der Waals surface area contributed by atoms with Gasteiger partial charge in [-0.15, -0.1) is 0 Å². The first-order chi connectivity index (χ1) is 38.6. The quantitative estimate of drug-likeness (QED) is 0.185. The largest absolute Gasteiger partial charge is 0.479 e. The van der Waals surface area contributed by atoms with Crippen molar-refractivity contribution in [1.29, 1.82) is 0 Å². The summed E-state index contributed by atoms with van der Waals surface area (Å²) >= 11 is 0. The number of Topliss-reactive ketones (excluding diaryl/α,β-unsaturated/α-hetero) is 1. The summed E-state index contributed by atoms with van der Waals surface area (Å²) in [6.45, 7) is 18.4. The van der Waals surface area contributed by atoms with E-state index in [1.165, 1.54) is 37.7 Å². The Morgan fingerprint density at radius 2 is 1.08 bits per heavy atom. The number of ether oxygens (including phenoxy) is 5. The highest BCUT2D eigenvalue weighted by Crippen LogP contribution is 2.49. The van der Waals surface area contributed by atoms with Crippen molar-refractivity contribution in [3.8, 4) is 11.5 Å². The summed E-state index contributed by atoms with van der Waals surface area (Å²) in [5, 5.41) is 2.49. The Labute approximate surface area is 481 Å². The summed E-state index contributed by atoms with van der Waals surface area (Å²) < 4.78 is 114. The van der Waals surface area contributed by atoms with Crippen molar-refractivity contribution in [2.24, 2.45) is 0 Å². The molecule has 2 aliphatic carbocycles. The molecule has 2 saturated carbocycles. The molecule has 0 radical (unpaired) electrons. The van der Waals surface area contributed by atoms with Crippen LogP contribution in [0.3, 0.4) is 0 Å². The van der Waals surface area contributed by atoms with Gasteiger partial charge >= 0.3 is 30.6 Å². The Hall–Kier alpha value is -6.49. The molecular weight excluding hydrogens is 1100 g/mol. The zero-order valence-electron chi connectivity index (χ0n) is 49.5. The van der Waals surface area contributed by atoms with E-state index >= 15 is 0 Å². The van der Waals surface area contributed by atoms with Crippen molar-refractivity contribution in [2.45, 2.75) is 212 Å². The molecular formula is C59H80F6N6O12. The maximum absolute atomic E-state index is 14.6. The molecule has 6 amide bonds. The van der Waals surface area contributed by atoms with Crippen molar-refractivity contribution in [2.75, 3.05) is 51.3 Å². The SMILES string of the molecule is CC(C)N(C(=O)c1cc2c(cc1C(F)(F)F)OC1(CCCC1)C(=O)C2)[C@@H]1CCCN(C(=O)OC(C)(C)C)C1.COC(=O)NCCN1C(=O)C2(CCCC2)Oc2cc(C(F)(F)F)c(C(=O)N(C(C)C)[C@@H]3CCCN(C(=O)OC(C)(C)C)C3)cc21. The van der Waals surface area contributed by atoms with Gasteiger partial charge in [0.1, 0.15) is 22.7 Å². The van der Waals surface area contributed by atoms with E-state index in [1.54, 1.807) is 69.2 Å². The number of nitrogens with one attached hydrogen (secondary N) is 1. The van der Waals surface area contributed by atoms with Crippen molar-refractivity contribution >= 4 is 47.5 Å². The highest BCUT2D eigenvalue weighted by molar-refractivity contribution is 6.06. The second-order valence-corrected chi connectivity index (χ2v) is 25.0. The van der Waals surface area contributed by atoms with Gasteiger partial charge in [0, 0.05) is 63.3 Å². The van der Waals surface area contributed by atoms with Crippen LogP contribution in [-0.4, -0.2) is 154 Å². The summed E-state index contributed by atoms with van der Waals surface area (Å²) in [4.78, 5) is 99.0. The lowest BCUT2D eigenvalue weighted by molar-refractivity contribution is -0.140. The fourth-order valence-electron chi connectivity index (χ4n) is 12.2. The van der Waals surface area contributed by atoms with Gasteiger partial charge in [-0.2, -0.15) is 26.3 Å². The van der Waals surface area contributed by atoms with Crippen LogP contribution in [-0.2, 0) is 42.6 Å². The number of alkyl carbamates (subject to hydrolysis) is 1. The minimum absolute atomic E-state index is 0.0169. The summed E-state index contributed by atoms with van der Waals surface area (Å²) in [7, 11) is 1.19. The number of likely N-dealkylation sites (tertiary alicyclic amines) is 2. The molecule has 0 bridgehead atoms. The van der Waals surface area contributed by atoms with Crippen LogP contribution in [0.1, 0.15) is 184 Å². The van der Waals surface area contributed by atoms with E-state index in [9.17, 15) is 59.9 Å². The summed E-state index contributed by atoms with van der Waals surface area (Å²) in [5.41, 5.74) is -6.87. The molecule has 2 spiro atoms. The summed E-state index contributed by atoms with van der Waals surface area (Å²) in [6, 6.07) is 1.95.